The summed E-state index contributed by atoms with van der Waals surface area (Å²) in [5, 5.41) is 0. The van der Waals surface area contributed by atoms with Crippen LogP contribution in [0.3, 0.4) is 0 Å². The molecule has 0 radical (unpaired) electrons. The maximum atomic E-state index is 13.2. The first-order valence-electron chi connectivity index (χ1n) is 11.1. The van der Waals surface area contributed by atoms with Crippen molar-refractivity contribution in [3.63, 3.8) is 0 Å². The van der Waals surface area contributed by atoms with E-state index in [0.717, 1.165) is 50.1 Å². The summed E-state index contributed by atoms with van der Waals surface area (Å²) >= 11 is 0. The number of hydrogen-bond acceptors (Lipinski definition) is 3. The van der Waals surface area contributed by atoms with Crippen molar-refractivity contribution in [2.24, 2.45) is 5.92 Å². The second-order valence-electron chi connectivity index (χ2n) is 8.21. The lowest BCUT2D eigenvalue weighted by molar-refractivity contribution is -0.137. The van der Waals surface area contributed by atoms with Crippen molar-refractivity contribution in [1.29, 1.82) is 0 Å². The van der Waals surface area contributed by atoms with E-state index in [9.17, 15) is 9.59 Å². The summed E-state index contributed by atoms with van der Waals surface area (Å²) in [5.41, 5.74) is 1.58. The van der Waals surface area contributed by atoms with Crippen molar-refractivity contribution in [2.45, 2.75) is 38.7 Å². The molecule has 0 atom stereocenters. The molecule has 2 heterocycles. The molecule has 0 saturated carbocycles. The molecule has 5 nitrogen and oxygen atoms in total. The quantitative estimate of drug-likeness (QED) is 0.750. The predicted molar refractivity (Wildman–Crippen MR) is 116 cm³/mol. The smallest absolute Gasteiger partial charge is 0.254 e. The number of hydrogen-bond donors (Lipinski definition) is 0. The number of carbonyl (C=O) groups is 2. The van der Waals surface area contributed by atoms with E-state index in [-0.39, 0.29) is 11.8 Å². The van der Waals surface area contributed by atoms with Crippen LogP contribution < -0.4 is 4.74 Å². The Bertz CT molecular complexity index is 854. The van der Waals surface area contributed by atoms with Gasteiger partial charge in [-0.05, 0) is 50.3 Å². The highest BCUT2D eigenvalue weighted by molar-refractivity contribution is 5.96. The number of ether oxygens (including phenoxy) is 1. The molecule has 0 unspecified atom stereocenters. The number of likely N-dealkylation sites (tertiary alicyclic amines) is 2. The lowest BCUT2D eigenvalue weighted by atomic mass is 9.93. The fourth-order valence-electron chi connectivity index (χ4n) is 4.40. The second kappa shape index (κ2) is 9.79. The van der Waals surface area contributed by atoms with Gasteiger partial charge in [-0.1, -0.05) is 36.4 Å². The summed E-state index contributed by atoms with van der Waals surface area (Å²) in [5.74, 6) is 1.17. The van der Waals surface area contributed by atoms with Crippen molar-refractivity contribution in [3.05, 3.63) is 65.7 Å². The summed E-state index contributed by atoms with van der Waals surface area (Å²) in [6.07, 6.45) is 4.97. The fourth-order valence-corrected chi connectivity index (χ4v) is 4.40. The maximum absolute atomic E-state index is 13.2. The van der Waals surface area contributed by atoms with Gasteiger partial charge in [0.1, 0.15) is 12.4 Å². The van der Waals surface area contributed by atoms with Crippen LogP contribution in [0.25, 0.3) is 0 Å². The third kappa shape index (κ3) is 4.84. The van der Waals surface area contributed by atoms with Gasteiger partial charge in [0, 0.05) is 43.2 Å². The molecule has 0 N–H and O–H groups in total. The monoisotopic (exact) mass is 406 g/mol. The zero-order valence-electron chi connectivity index (χ0n) is 17.5. The number of para-hydroxylation sites is 1. The summed E-state index contributed by atoms with van der Waals surface area (Å²) in [4.78, 5) is 29.9. The van der Waals surface area contributed by atoms with Crippen LogP contribution in [0.2, 0.25) is 0 Å². The lowest BCUT2D eigenvalue weighted by Crippen LogP contribution is -2.45. The molecule has 2 saturated heterocycles. The molecule has 158 valence electrons. The van der Waals surface area contributed by atoms with Gasteiger partial charge in [-0.2, -0.15) is 0 Å². The Kier molecular flexibility index (Phi) is 6.67. The molecule has 30 heavy (non-hydrogen) atoms. The summed E-state index contributed by atoms with van der Waals surface area (Å²) in [7, 11) is 0. The molecule has 2 aliphatic rings. The highest BCUT2D eigenvalue weighted by atomic mass is 16.5. The zero-order valence-corrected chi connectivity index (χ0v) is 17.5. The van der Waals surface area contributed by atoms with Crippen LogP contribution in [0.15, 0.2) is 54.6 Å². The van der Waals surface area contributed by atoms with Gasteiger partial charge in [-0.25, -0.2) is 0 Å². The van der Waals surface area contributed by atoms with E-state index < -0.39 is 0 Å². The Balaban J connectivity index is 1.35. The number of carbonyl (C=O) groups excluding carboxylic acids is 2. The first-order chi connectivity index (χ1) is 14.7. The third-order valence-corrected chi connectivity index (χ3v) is 6.18. The Morgan fingerprint density at radius 2 is 1.47 bits per heavy atom. The Labute approximate surface area is 178 Å². The van der Waals surface area contributed by atoms with Gasteiger partial charge in [0.25, 0.3) is 5.91 Å². The predicted octanol–water partition coefficient (Wildman–Crippen LogP) is 4.13. The molecule has 0 spiro atoms. The molecule has 2 fully saturated rings. The molecule has 2 aromatic rings. The summed E-state index contributed by atoms with van der Waals surface area (Å²) in [6.45, 7) is 3.42. The van der Waals surface area contributed by atoms with Gasteiger partial charge >= 0.3 is 0 Å². The van der Waals surface area contributed by atoms with Crippen LogP contribution in [0, 0.1) is 5.92 Å². The van der Waals surface area contributed by atoms with Crippen molar-refractivity contribution >= 4 is 11.8 Å². The summed E-state index contributed by atoms with van der Waals surface area (Å²) in [6, 6.07) is 17.3. The van der Waals surface area contributed by atoms with E-state index in [0.29, 0.717) is 31.2 Å². The van der Waals surface area contributed by atoms with Crippen LogP contribution in [-0.4, -0.2) is 47.8 Å². The molecule has 5 heteroatoms. The largest absolute Gasteiger partial charge is 0.489 e. The molecule has 2 amide bonds. The number of amides is 2. The molecular formula is C25H30N2O3. The van der Waals surface area contributed by atoms with Crippen molar-refractivity contribution in [3.8, 4) is 5.75 Å². The minimum Gasteiger partial charge on any atom is -0.489 e. The van der Waals surface area contributed by atoms with Gasteiger partial charge in [0.2, 0.25) is 5.91 Å². The molecule has 0 aliphatic carbocycles. The number of nitrogens with zero attached hydrogens (tertiary/aromatic N) is 2. The second-order valence-corrected chi connectivity index (χ2v) is 8.21. The molecule has 0 bridgehead atoms. The van der Waals surface area contributed by atoms with Crippen molar-refractivity contribution in [2.75, 3.05) is 26.2 Å². The first kappa shape index (κ1) is 20.5. The van der Waals surface area contributed by atoms with Crippen LogP contribution in [-0.2, 0) is 11.4 Å². The van der Waals surface area contributed by atoms with Crippen molar-refractivity contribution in [1.82, 2.24) is 9.80 Å². The molecule has 2 aliphatic heterocycles. The van der Waals surface area contributed by atoms with Gasteiger partial charge < -0.3 is 14.5 Å². The van der Waals surface area contributed by atoms with Crippen LogP contribution in [0.1, 0.15) is 48.0 Å². The molecule has 4 rings (SSSR count). The third-order valence-electron chi connectivity index (χ3n) is 6.18. The van der Waals surface area contributed by atoms with Crippen LogP contribution in [0.4, 0.5) is 0 Å². The maximum Gasteiger partial charge on any atom is 0.254 e. The van der Waals surface area contributed by atoms with Crippen LogP contribution in [0.5, 0.6) is 5.75 Å². The Morgan fingerprint density at radius 1 is 0.800 bits per heavy atom. The minimum atomic E-state index is 0.0335. The number of piperidine rings is 2. The van der Waals surface area contributed by atoms with E-state index in [1.807, 2.05) is 64.4 Å². The van der Waals surface area contributed by atoms with E-state index in [2.05, 4.69) is 0 Å². The molecule has 0 aromatic heterocycles. The van der Waals surface area contributed by atoms with Gasteiger partial charge in [-0.3, -0.25) is 9.59 Å². The average Bonchev–Trinajstić information content (AvgIpc) is 2.83. The zero-order chi connectivity index (χ0) is 20.8. The van der Waals surface area contributed by atoms with Gasteiger partial charge in [0.15, 0.2) is 0 Å². The normalized spacial score (nSPS) is 17.6. The first-order valence-corrected chi connectivity index (χ1v) is 11.1. The van der Waals surface area contributed by atoms with Gasteiger partial charge in [-0.15, -0.1) is 0 Å². The summed E-state index contributed by atoms with van der Waals surface area (Å²) < 4.78 is 5.86. The SMILES string of the molecule is O=C(c1ccccc1COc1ccccc1)N1CCC(C(=O)N2CCCCC2)CC1. The van der Waals surface area contributed by atoms with Gasteiger partial charge in [0.05, 0.1) is 0 Å². The Morgan fingerprint density at radius 3 is 2.20 bits per heavy atom. The van der Waals surface area contributed by atoms with E-state index in [1.165, 1.54) is 6.42 Å². The van der Waals surface area contributed by atoms with E-state index in [4.69, 9.17) is 4.74 Å². The topological polar surface area (TPSA) is 49.9 Å². The highest BCUT2D eigenvalue weighted by Gasteiger charge is 2.31. The number of benzene rings is 2. The molecular weight excluding hydrogens is 376 g/mol. The average molecular weight is 407 g/mol. The highest BCUT2D eigenvalue weighted by Crippen LogP contribution is 2.24. The lowest BCUT2D eigenvalue weighted by Gasteiger charge is -2.35. The standard InChI is InChI=1S/C25H30N2O3/c28-24(26-15-7-2-8-16-26)20-13-17-27(18-14-20)25(29)23-12-6-5-9-21(23)19-30-22-10-3-1-4-11-22/h1,3-6,9-12,20H,2,7-8,13-19H2. The van der Waals surface area contributed by atoms with E-state index >= 15 is 0 Å². The Hall–Kier alpha value is -2.82. The van der Waals surface area contributed by atoms with Crippen LogP contribution >= 0.6 is 0 Å². The van der Waals surface area contributed by atoms with Crippen molar-refractivity contribution < 1.29 is 14.3 Å². The fraction of sp³-hybridized carbons (Fsp3) is 0.440. The minimum absolute atomic E-state index is 0.0335. The number of rotatable bonds is 5. The molecule has 2 aromatic carbocycles. The van der Waals surface area contributed by atoms with E-state index in [1.54, 1.807) is 0 Å².